The number of para-hydroxylation sites is 3. The van der Waals surface area contributed by atoms with E-state index in [0.29, 0.717) is 0 Å². The van der Waals surface area contributed by atoms with E-state index >= 15 is 0 Å². The van der Waals surface area contributed by atoms with Crippen molar-refractivity contribution in [3.05, 3.63) is 237 Å². The van der Waals surface area contributed by atoms with Gasteiger partial charge in [0, 0.05) is 50.0 Å². The van der Waals surface area contributed by atoms with Gasteiger partial charge in [0.2, 0.25) is 0 Å². The summed E-state index contributed by atoms with van der Waals surface area (Å²) in [5, 5.41) is 7.34. The minimum absolute atomic E-state index is 1.10. The third-order valence-electron chi connectivity index (χ3n) is 12.3. The minimum atomic E-state index is 1.10. The van der Waals surface area contributed by atoms with Gasteiger partial charge < -0.3 is 14.0 Å². The highest BCUT2D eigenvalue weighted by atomic mass is 15.1. The zero-order valence-corrected chi connectivity index (χ0v) is 33.4. The Morgan fingerprint density at radius 2 is 0.836 bits per heavy atom. The van der Waals surface area contributed by atoms with Gasteiger partial charge in [-0.3, -0.25) is 0 Å². The molecule has 0 atom stereocenters. The van der Waals surface area contributed by atoms with Gasteiger partial charge in [-0.05, 0) is 112 Å². The van der Waals surface area contributed by atoms with Gasteiger partial charge in [-0.2, -0.15) is 0 Å². The molecule has 0 aliphatic carbocycles. The average Bonchev–Trinajstić information content (AvgIpc) is 3.85. The highest BCUT2D eigenvalue weighted by Crippen LogP contribution is 2.43. The summed E-state index contributed by atoms with van der Waals surface area (Å²) in [5.74, 6) is 0. The number of hydrogen-bond donors (Lipinski definition) is 0. The monoisotopic (exact) mass is 777 g/mol. The first kappa shape index (κ1) is 34.9. The van der Waals surface area contributed by atoms with E-state index in [2.05, 4.69) is 251 Å². The second-order valence-electron chi connectivity index (χ2n) is 15.8. The molecular weight excluding hydrogens is 739 g/mol. The normalized spacial score (nSPS) is 11.6. The van der Waals surface area contributed by atoms with Gasteiger partial charge in [0.1, 0.15) is 0 Å². The van der Waals surface area contributed by atoms with Crippen molar-refractivity contribution in [3.63, 3.8) is 0 Å². The molecule has 10 aromatic carbocycles. The molecule has 12 rings (SSSR count). The van der Waals surface area contributed by atoms with Gasteiger partial charge in [-0.15, -0.1) is 0 Å². The molecule has 0 aliphatic rings. The number of nitrogens with zero attached hydrogens (tertiary/aromatic N) is 3. The molecule has 0 aliphatic heterocycles. The number of hydrogen-bond acceptors (Lipinski definition) is 1. The van der Waals surface area contributed by atoms with Crippen LogP contribution in [0.2, 0.25) is 0 Å². The summed E-state index contributed by atoms with van der Waals surface area (Å²) in [5.41, 5.74) is 15.2. The lowest BCUT2D eigenvalue weighted by molar-refractivity contribution is 1.18. The number of rotatable bonds is 7. The smallest absolute Gasteiger partial charge is 0.0641 e. The highest BCUT2D eigenvalue weighted by Gasteiger charge is 2.21. The zero-order chi connectivity index (χ0) is 40.3. The quantitative estimate of drug-likeness (QED) is 0.157. The van der Waals surface area contributed by atoms with Crippen molar-refractivity contribution >= 4 is 71.4 Å². The second-order valence-corrected chi connectivity index (χ2v) is 15.8. The molecular formula is C58H39N3. The van der Waals surface area contributed by atoms with Crippen LogP contribution in [0, 0.1) is 0 Å². The van der Waals surface area contributed by atoms with Crippen LogP contribution in [0.3, 0.4) is 0 Å². The summed E-state index contributed by atoms with van der Waals surface area (Å²) in [7, 11) is 0. The Bertz CT molecular complexity index is 3560. The average molecular weight is 778 g/mol. The third kappa shape index (κ3) is 5.82. The number of fused-ring (bicyclic) bond motifs is 8. The molecule has 0 saturated carbocycles. The lowest BCUT2D eigenvalue weighted by Gasteiger charge is -2.26. The maximum atomic E-state index is 2.49. The van der Waals surface area contributed by atoms with Crippen LogP contribution in [0.4, 0.5) is 17.1 Å². The Morgan fingerprint density at radius 3 is 1.59 bits per heavy atom. The molecule has 0 saturated heterocycles. The van der Waals surface area contributed by atoms with E-state index in [-0.39, 0.29) is 0 Å². The summed E-state index contributed by atoms with van der Waals surface area (Å²) < 4.78 is 4.92. The summed E-state index contributed by atoms with van der Waals surface area (Å²) in [6.45, 7) is 0. The van der Waals surface area contributed by atoms with Crippen LogP contribution in [0.15, 0.2) is 237 Å². The third-order valence-corrected chi connectivity index (χ3v) is 12.3. The largest absolute Gasteiger partial charge is 0.310 e. The molecule has 3 nitrogen and oxygen atoms in total. The predicted octanol–water partition coefficient (Wildman–Crippen LogP) is 15.8. The van der Waals surface area contributed by atoms with Crippen molar-refractivity contribution in [1.29, 1.82) is 0 Å². The second kappa shape index (κ2) is 14.3. The van der Waals surface area contributed by atoms with Gasteiger partial charge in [-0.1, -0.05) is 158 Å². The Morgan fingerprint density at radius 1 is 0.279 bits per heavy atom. The fourth-order valence-electron chi connectivity index (χ4n) is 9.47. The van der Waals surface area contributed by atoms with E-state index < -0.39 is 0 Å². The van der Waals surface area contributed by atoms with Crippen molar-refractivity contribution in [1.82, 2.24) is 9.13 Å². The molecule has 12 aromatic rings. The first-order chi connectivity index (χ1) is 30.3. The van der Waals surface area contributed by atoms with Crippen LogP contribution in [0.1, 0.15) is 0 Å². The SMILES string of the molecule is c1ccc(-c2ccc(-n3c4ccccc4c4c3ccc3c5ccccc5n(-c5ccc6ccc(N(c7ccccc7)c7cccc(-c8ccccc8)c7)cc6c5)c34)cc2)cc1. The molecule has 0 radical (unpaired) electrons. The molecule has 0 N–H and O–H groups in total. The molecule has 0 fully saturated rings. The van der Waals surface area contributed by atoms with Crippen molar-refractivity contribution in [3.8, 4) is 33.6 Å². The number of anilines is 3. The molecule has 0 amide bonds. The van der Waals surface area contributed by atoms with Gasteiger partial charge in [0.25, 0.3) is 0 Å². The maximum Gasteiger partial charge on any atom is 0.0641 e. The van der Waals surface area contributed by atoms with Crippen LogP contribution in [-0.2, 0) is 0 Å². The summed E-state index contributed by atoms with van der Waals surface area (Å²) in [4.78, 5) is 2.36. The molecule has 3 heteroatoms. The van der Waals surface area contributed by atoms with Gasteiger partial charge in [-0.25, -0.2) is 0 Å². The van der Waals surface area contributed by atoms with E-state index in [9.17, 15) is 0 Å². The molecule has 0 unspecified atom stereocenters. The van der Waals surface area contributed by atoms with Gasteiger partial charge in [0.15, 0.2) is 0 Å². The summed E-state index contributed by atoms with van der Waals surface area (Å²) >= 11 is 0. The van der Waals surface area contributed by atoms with E-state index in [1.54, 1.807) is 0 Å². The Hall–Kier alpha value is -8.14. The lowest BCUT2D eigenvalue weighted by atomic mass is 10.0. The molecule has 2 heterocycles. The van der Waals surface area contributed by atoms with E-state index in [0.717, 1.165) is 28.4 Å². The molecule has 2 aromatic heterocycles. The van der Waals surface area contributed by atoms with E-state index in [1.165, 1.54) is 76.6 Å². The molecule has 0 bridgehead atoms. The fraction of sp³-hybridized carbons (Fsp3) is 0. The summed E-state index contributed by atoms with van der Waals surface area (Å²) in [6, 6.07) is 85.9. The molecule has 286 valence electrons. The first-order valence-corrected chi connectivity index (χ1v) is 20.9. The zero-order valence-electron chi connectivity index (χ0n) is 33.4. The maximum absolute atomic E-state index is 2.49. The van der Waals surface area contributed by atoms with E-state index in [4.69, 9.17) is 0 Å². The van der Waals surface area contributed by atoms with Crippen LogP contribution >= 0.6 is 0 Å². The van der Waals surface area contributed by atoms with Crippen molar-refractivity contribution in [2.24, 2.45) is 0 Å². The topological polar surface area (TPSA) is 13.1 Å². The molecule has 61 heavy (non-hydrogen) atoms. The lowest BCUT2D eigenvalue weighted by Crippen LogP contribution is -2.09. The van der Waals surface area contributed by atoms with Gasteiger partial charge in [0.05, 0.1) is 22.1 Å². The standard InChI is InChI=1S/C58H39N3/c1-4-15-40(16-5-1)42-27-31-47(32-28-42)60-55-26-13-11-24-53(55)57-56(60)36-35-52-51-23-10-12-25-54(51)61(58(52)57)50-34-30-43-29-33-49(38-45(43)39-50)59(46-20-8-3-9-21-46)48-22-14-19-44(37-48)41-17-6-2-7-18-41/h1-39H. The highest BCUT2D eigenvalue weighted by molar-refractivity contribution is 6.26. The first-order valence-electron chi connectivity index (χ1n) is 20.9. The number of aromatic nitrogens is 2. The van der Waals surface area contributed by atoms with Crippen LogP contribution in [0.25, 0.3) is 88.0 Å². The van der Waals surface area contributed by atoms with Crippen molar-refractivity contribution in [2.45, 2.75) is 0 Å². The van der Waals surface area contributed by atoms with E-state index in [1.807, 2.05) is 0 Å². The van der Waals surface area contributed by atoms with Crippen molar-refractivity contribution in [2.75, 3.05) is 4.90 Å². The molecule has 0 spiro atoms. The van der Waals surface area contributed by atoms with Gasteiger partial charge >= 0.3 is 0 Å². The minimum Gasteiger partial charge on any atom is -0.310 e. The van der Waals surface area contributed by atoms with Crippen LogP contribution in [-0.4, -0.2) is 9.13 Å². The Labute approximate surface area is 354 Å². The predicted molar refractivity (Wildman–Crippen MR) is 258 cm³/mol. The Kier molecular flexibility index (Phi) is 8.17. The van der Waals surface area contributed by atoms with Crippen LogP contribution in [0.5, 0.6) is 0 Å². The van der Waals surface area contributed by atoms with Crippen molar-refractivity contribution < 1.29 is 0 Å². The summed E-state index contributed by atoms with van der Waals surface area (Å²) in [6.07, 6.45) is 0. The van der Waals surface area contributed by atoms with Crippen LogP contribution < -0.4 is 4.90 Å². The number of benzene rings is 10. The Balaban J connectivity index is 1.06. The fourth-order valence-corrected chi connectivity index (χ4v) is 9.47.